The zero-order valence-corrected chi connectivity index (χ0v) is 11.7. The van der Waals surface area contributed by atoms with Gasteiger partial charge in [0.25, 0.3) is 0 Å². The third-order valence-corrected chi connectivity index (χ3v) is 5.56. The molecule has 2 fully saturated rings. The van der Waals surface area contributed by atoms with Gasteiger partial charge in [0.05, 0.1) is 0 Å². The normalized spacial score (nSPS) is 24.8. The van der Waals surface area contributed by atoms with Crippen LogP contribution in [0.25, 0.3) is 0 Å². The summed E-state index contributed by atoms with van der Waals surface area (Å²) in [6.07, 6.45) is 7.63. The van der Waals surface area contributed by atoms with Crippen molar-refractivity contribution >= 4 is 17.7 Å². The van der Waals surface area contributed by atoms with Crippen molar-refractivity contribution in [2.45, 2.75) is 43.3 Å². The number of hydrogen-bond acceptors (Lipinski definition) is 3. The molecular weight excluding hydrogens is 232 g/mol. The van der Waals surface area contributed by atoms with Crippen LogP contribution in [-0.4, -0.2) is 48.0 Å². The Morgan fingerprint density at radius 1 is 1.35 bits per heavy atom. The van der Waals surface area contributed by atoms with E-state index in [0.29, 0.717) is 11.2 Å². The monoisotopic (exact) mass is 256 g/mol. The summed E-state index contributed by atoms with van der Waals surface area (Å²) < 4.78 is 0.527. The van der Waals surface area contributed by atoms with Crippen molar-refractivity contribution in [3.05, 3.63) is 0 Å². The molecule has 0 aromatic carbocycles. The number of rotatable bonds is 3. The number of nitrogens with one attached hydrogen (secondary N) is 1. The summed E-state index contributed by atoms with van der Waals surface area (Å²) >= 11 is 2.19. The fourth-order valence-electron chi connectivity index (χ4n) is 3.00. The number of hydrogen-bond donors (Lipinski definition) is 1. The second-order valence-electron chi connectivity index (χ2n) is 5.29. The highest BCUT2D eigenvalue weighted by molar-refractivity contribution is 8.00. The average molecular weight is 256 g/mol. The minimum Gasteiger partial charge on any atom is -0.359 e. The first-order valence-corrected chi connectivity index (χ1v) is 7.80. The molecule has 0 bridgehead atoms. The number of carbonyl (C=O) groups excluding carboxylic acids is 1. The quantitative estimate of drug-likeness (QED) is 0.837. The molecule has 0 atom stereocenters. The van der Waals surface area contributed by atoms with Gasteiger partial charge in [-0.1, -0.05) is 19.3 Å². The van der Waals surface area contributed by atoms with Crippen molar-refractivity contribution in [3.8, 4) is 0 Å². The van der Waals surface area contributed by atoms with Crippen LogP contribution in [0.2, 0.25) is 0 Å². The molecule has 2 rings (SSSR count). The minimum absolute atomic E-state index is 0.168. The lowest BCUT2D eigenvalue weighted by atomic mass is 9.87. The first kappa shape index (κ1) is 13.2. The van der Waals surface area contributed by atoms with Crippen molar-refractivity contribution in [1.82, 2.24) is 10.2 Å². The SMILES string of the molecule is CNC(=O)CCN1CCSC2(CCCCC2)C1. The van der Waals surface area contributed by atoms with Gasteiger partial charge in [-0.3, -0.25) is 4.79 Å². The summed E-state index contributed by atoms with van der Waals surface area (Å²) in [5.41, 5.74) is 0. The van der Waals surface area contributed by atoms with Gasteiger partial charge in [0.15, 0.2) is 0 Å². The van der Waals surface area contributed by atoms with Gasteiger partial charge in [-0.25, -0.2) is 0 Å². The third-order valence-electron chi connectivity index (χ3n) is 4.03. The van der Waals surface area contributed by atoms with Crippen LogP contribution in [-0.2, 0) is 4.79 Å². The molecule has 1 saturated heterocycles. The summed E-state index contributed by atoms with van der Waals surface area (Å²) in [7, 11) is 1.72. The molecule has 0 radical (unpaired) electrons. The second kappa shape index (κ2) is 6.10. The molecule has 4 heteroatoms. The Balaban J connectivity index is 1.81. The van der Waals surface area contributed by atoms with E-state index in [1.807, 2.05) is 0 Å². The molecular formula is C13H24N2OS. The lowest BCUT2D eigenvalue weighted by Gasteiger charge is -2.44. The zero-order valence-electron chi connectivity index (χ0n) is 10.8. The van der Waals surface area contributed by atoms with Crippen LogP contribution < -0.4 is 5.32 Å². The Kier molecular flexibility index (Phi) is 4.74. The summed E-state index contributed by atoms with van der Waals surface area (Å²) in [6.45, 7) is 3.29. The fourth-order valence-corrected chi connectivity index (χ4v) is 4.63. The van der Waals surface area contributed by atoms with E-state index in [9.17, 15) is 4.79 Å². The number of nitrogens with zero attached hydrogens (tertiary/aromatic N) is 1. The van der Waals surface area contributed by atoms with Crippen LogP contribution in [0.1, 0.15) is 38.5 Å². The van der Waals surface area contributed by atoms with E-state index in [0.717, 1.165) is 13.1 Å². The minimum atomic E-state index is 0.168. The maximum absolute atomic E-state index is 11.3. The Morgan fingerprint density at radius 3 is 2.82 bits per heavy atom. The van der Waals surface area contributed by atoms with Crippen LogP contribution in [0.15, 0.2) is 0 Å². The lowest BCUT2D eigenvalue weighted by molar-refractivity contribution is -0.120. The molecule has 3 nitrogen and oxygen atoms in total. The molecule has 0 unspecified atom stereocenters. The average Bonchev–Trinajstić information content (AvgIpc) is 2.37. The standard InChI is InChI=1S/C13H24N2OS/c1-14-12(16)5-8-15-9-10-17-13(11-15)6-3-2-4-7-13/h2-11H2,1H3,(H,14,16). The van der Waals surface area contributed by atoms with E-state index >= 15 is 0 Å². The first-order valence-electron chi connectivity index (χ1n) is 6.81. The van der Waals surface area contributed by atoms with E-state index in [1.54, 1.807) is 7.05 Å². The van der Waals surface area contributed by atoms with E-state index < -0.39 is 0 Å². The highest BCUT2D eigenvalue weighted by Gasteiger charge is 2.36. The second-order valence-corrected chi connectivity index (χ2v) is 6.85. The van der Waals surface area contributed by atoms with Crippen LogP contribution in [0, 0.1) is 0 Å². The maximum Gasteiger partial charge on any atom is 0.221 e. The van der Waals surface area contributed by atoms with Crippen LogP contribution in [0.4, 0.5) is 0 Å². The summed E-state index contributed by atoms with van der Waals surface area (Å²) in [6, 6.07) is 0. The molecule has 1 aliphatic heterocycles. The molecule has 98 valence electrons. The number of carbonyl (C=O) groups is 1. The molecule has 1 aliphatic carbocycles. The number of amides is 1. The van der Waals surface area contributed by atoms with Gasteiger partial charge in [-0.2, -0.15) is 11.8 Å². The lowest BCUT2D eigenvalue weighted by Crippen LogP contribution is -2.48. The van der Waals surface area contributed by atoms with E-state index in [1.165, 1.54) is 44.4 Å². The Hall–Kier alpha value is -0.220. The molecule has 1 N–H and O–H groups in total. The molecule has 1 spiro atoms. The van der Waals surface area contributed by atoms with Crippen molar-refractivity contribution in [2.75, 3.05) is 32.4 Å². The molecule has 0 aromatic heterocycles. The van der Waals surface area contributed by atoms with Crippen LogP contribution in [0.3, 0.4) is 0 Å². The Labute approximate surface area is 109 Å². The largest absolute Gasteiger partial charge is 0.359 e. The number of thioether (sulfide) groups is 1. The van der Waals surface area contributed by atoms with Crippen LogP contribution in [0.5, 0.6) is 0 Å². The zero-order chi connectivity index (χ0) is 12.1. The Morgan fingerprint density at radius 2 is 2.12 bits per heavy atom. The van der Waals surface area contributed by atoms with Gasteiger partial charge in [0.2, 0.25) is 5.91 Å². The van der Waals surface area contributed by atoms with Crippen molar-refractivity contribution in [2.24, 2.45) is 0 Å². The predicted molar refractivity (Wildman–Crippen MR) is 73.4 cm³/mol. The van der Waals surface area contributed by atoms with E-state index in [-0.39, 0.29) is 5.91 Å². The van der Waals surface area contributed by atoms with Gasteiger partial charge in [-0.15, -0.1) is 0 Å². The molecule has 2 aliphatic rings. The highest BCUT2D eigenvalue weighted by Crippen LogP contribution is 2.42. The van der Waals surface area contributed by atoms with Crippen LogP contribution >= 0.6 is 11.8 Å². The molecule has 1 heterocycles. The van der Waals surface area contributed by atoms with Gasteiger partial charge in [-0.05, 0) is 12.8 Å². The Bertz CT molecular complexity index is 259. The molecule has 17 heavy (non-hydrogen) atoms. The van der Waals surface area contributed by atoms with Gasteiger partial charge < -0.3 is 10.2 Å². The summed E-state index contributed by atoms with van der Waals surface area (Å²) in [5.74, 6) is 1.41. The van der Waals surface area contributed by atoms with Gasteiger partial charge in [0.1, 0.15) is 0 Å². The third kappa shape index (κ3) is 3.62. The van der Waals surface area contributed by atoms with Crippen molar-refractivity contribution in [3.63, 3.8) is 0 Å². The van der Waals surface area contributed by atoms with Crippen molar-refractivity contribution < 1.29 is 4.79 Å². The van der Waals surface area contributed by atoms with Gasteiger partial charge in [0, 0.05) is 43.6 Å². The molecule has 1 amide bonds. The topological polar surface area (TPSA) is 32.3 Å². The van der Waals surface area contributed by atoms with E-state index in [2.05, 4.69) is 22.0 Å². The highest BCUT2D eigenvalue weighted by atomic mass is 32.2. The van der Waals surface area contributed by atoms with Gasteiger partial charge >= 0.3 is 0 Å². The summed E-state index contributed by atoms with van der Waals surface area (Å²) in [4.78, 5) is 13.8. The molecule has 1 saturated carbocycles. The predicted octanol–water partition coefficient (Wildman–Crippen LogP) is 1.87. The maximum atomic E-state index is 11.3. The first-order chi connectivity index (χ1) is 8.24. The fraction of sp³-hybridized carbons (Fsp3) is 0.923. The smallest absolute Gasteiger partial charge is 0.221 e. The van der Waals surface area contributed by atoms with E-state index in [4.69, 9.17) is 0 Å². The van der Waals surface area contributed by atoms with Crippen molar-refractivity contribution in [1.29, 1.82) is 0 Å². The summed E-state index contributed by atoms with van der Waals surface area (Å²) in [5, 5.41) is 2.70. The molecule has 0 aromatic rings.